The van der Waals surface area contributed by atoms with E-state index in [-0.39, 0.29) is 11.9 Å². The van der Waals surface area contributed by atoms with Crippen molar-refractivity contribution in [3.05, 3.63) is 46.5 Å². The van der Waals surface area contributed by atoms with Gasteiger partial charge in [-0.2, -0.15) is 0 Å². The highest BCUT2D eigenvalue weighted by molar-refractivity contribution is 7.12. The number of carbonyl (C=O) groups excluding carboxylic acids is 1. The number of aryl methyl sites for hydroxylation is 1. The van der Waals surface area contributed by atoms with Crippen LogP contribution in [0.15, 0.2) is 36.0 Å². The first-order valence-corrected chi connectivity index (χ1v) is 9.26. The molecule has 1 aliphatic rings. The average molecular weight is 353 g/mol. The highest BCUT2D eigenvalue weighted by atomic mass is 32.1. The molecule has 4 heterocycles. The summed E-state index contributed by atoms with van der Waals surface area (Å²) in [6.07, 6.45) is 3.54. The van der Waals surface area contributed by atoms with Crippen molar-refractivity contribution in [3.63, 3.8) is 0 Å². The maximum Gasteiger partial charge on any atom is 0.263 e. The lowest BCUT2D eigenvalue weighted by atomic mass is 10.1. The van der Waals surface area contributed by atoms with Gasteiger partial charge in [-0.3, -0.25) is 4.79 Å². The standard InChI is InChI=1S/C18H19N5OS/c1-12-6-7-14-16(21-12)17(20-11-19-14)22-13-4-2-8-23(10-13)18(24)15-5-3-9-25-15/h3,5-7,9,11,13H,2,4,8,10H2,1H3,(H,19,20,22). The summed E-state index contributed by atoms with van der Waals surface area (Å²) in [4.78, 5) is 28.5. The summed E-state index contributed by atoms with van der Waals surface area (Å²) >= 11 is 1.49. The maximum absolute atomic E-state index is 12.6. The van der Waals surface area contributed by atoms with Gasteiger partial charge in [-0.15, -0.1) is 11.3 Å². The van der Waals surface area contributed by atoms with E-state index < -0.39 is 0 Å². The summed E-state index contributed by atoms with van der Waals surface area (Å²) in [5, 5.41) is 5.42. The molecule has 128 valence electrons. The Balaban J connectivity index is 1.53. The van der Waals surface area contributed by atoms with Crippen LogP contribution >= 0.6 is 11.3 Å². The van der Waals surface area contributed by atoms with Gasteiger partial charge in [-0.1, -0.05) is 6.07 Å². The molecule has 25 heavy (non-hydrogen) atoms. The zero-order valence-corrected chi connectivity index (χ0v) is 14.8. The molecule has 1 atom stereocenters. The predicted molar refractivity (Wildman–Crippen MR) is 98.9 cm³/mol. The van der Waals surface area contributed by atoms with Gasteiger partial charge in [0, 0.05) is 24.8 Å². The summed E-state index contributed by atoms with van der Waals surface area (Å²) in [7, 11) is 0. The summed E-state index contributed by atoms with van der Waals surface area (Å²) in [5.41, 5.74) is 2.54. The van der Waals surface area contributed by atoms with Crippen molar-refractivity contribution in [2.45, 2.75) is 25.8 Å². The van der Waals surface area contributed by atoms with Gasteiger partial charge in [0.2, 0.25) is 0 Å². The Morgan fingerprint density at radius 1 is 1.32 bits per heavy atom. The molecule has 1 unspecified atom stereocenters. The van der Waals surface area contributed by atoms with Crippen LogP contribution in [0.1, 0.15) is 28.2 Å². The van der Waals surface area contributed by atoms with Gasteiger partial charge in [-0.25, -0.2) is 15.0 Å². The molecule has 1 amide bonds. The number of piperidine rings is 1. The molecule has 0 radical (unpaired) electrons. The normalized spacial score (nSPS) is 17.6. The highest BCUT2D eigenvalue weighted by Gasteiger charge is 2.25. The molecule has 1 aliphatic heterocycles. The second-order valence-electron chi connectivity index (χ2n) is 6.25. The first-order valence-electron chi connectivity index (χ1n) is 8.38. The Morgan fingerprint density at radius 2 is 2.24 bits per heavy atom. The summed E-state index contributed by atoms with van der Waals surface area (Å²) in [6, 6.07) is 7.87. The molecule has 3 aromatic heterocycles. The number of fused-ring (bicyclic) bond motifs is 1. The van der Waals surface area contributed by atoms with Gasteiger partial charge in [0.25, 0.3) is 5.91 Å². The van der Waals surface area contributed by atoms with Gasteiger partial charge in [-0.05, 0) is 43.3 Å². The van der Waals surface area contributed by atoms with E-state index >= 15 is 0 Å². The third-order valence-corrected chi connectivity index (χ3v) is 5.26. The van der Waals surface area contributed by atoms with Crippen LogP contribution in [0.3, 0.4) is 0 Å². The molecule has 7 heteroatoms. The van der Waals surface area contributed by atoms with Gasteiger partial charge in [0.15, 0.2) is 5.82 Å². The van der Waals surface area contributed by atoms with Crippen molar-refractivity contribution in [1.82, 2.24) is 19.9 Å². The van der Waals surface area contributed by atoms with Crippen LogP contribution in [0.5, 0.6) is 0 Å². The average Bonchev–Trinajstić information content (AvgIpc) is 3.16. The van der Waals surface area contributed by atoms with Crippen LogP contribution in [0.2, 0.25) is 0 Å². The number of hydrogen-bond donors (Lipinski definition) is 1. The fourth-order valence-electron chi connectivity index (χ4n) is 3.17. The molecular formula is C18H19N5OS. The van der Waals surface area contributed by atoms with Crippen molar-refractivity contribution in [3.8, 4) is 0 Å². The largest absolute Gasteiger partial charge is 0.364 e. The van der Waals surface area contributed by atoms with Crippen LogP contribution in [-0.2, 0) is 0 Å². The molecule has 4 rings (SSSR count). The van der Waals surface area contributed by atoms with E-state index in [2.05, 4.69) is 20.3 Å². The molecular weight excluding hydrogens is 334 g/mol. The van der Waals surface area contributed by atoms with E-state index in [0.717, 1.165) is 46.8 Å². The molecule has 0 saturated carbocycles. The minimum atomic E-state index is 0.114. The number of rotatable bonds is 3. The first kappa shape index (κ1) is 16.0. The van der Waals surface area contributed by atoms with Gasteiger partial charge in [0.1, 0.15) is 11.8 Å². The summed E-state index contributed by atoms with van der Waals surface area (Å²) in [6.45, 7) is 3.43. The highest BCUT2D eigenvalue weighted by Crippen LogP contribution is 2.22. The van der Waals surface area contributed by atoms with E-state index in [9.17, 15) is 4.79 Å². The lowest BCUT2D eigenvalue weighted by Crippen LogP contribution is -2.45. The van der Waals surface area contributed by atoms with E-state index in [1.807, 2.05) is 41.5 Å². The second-order valence-corrected chi connectivity index (χ2v) is 7.20. The van der Waals surface area contributed by atoms with Crippen LogP contribution in [-0.4, -0.2) is 44.9 Å². The lowest BCUT2D eigenvalue weighted by molar-refractivity contribution is 0.0719. The number of aromatic nitrogens is 3. The molecule has 3 aromatic rings. The fourth-order valence-corrected chi connectivity index (χ4v) is 3.86. The molecule has 1 N–H and O–H groups in total. The number of thiophene rings is 1. The Bertz CT molecular complexity index is 896. The van der Waals surface area contributed by atoms with Crippen molar-refractivity contribution in [2.75, 3.05) is 18.4 Å². The van der Waals surface area contributed by atoms with E-state index in [1.54, 1.807) is 6.33 Å². The third kappa shape index (κ3) is 3.32. The third-order valence-electron chi connectivity index (χ3n) is 4.40. The Hall–Kier alpha value is -2.54. The van der Waals surface area contributed by atoms with Crippen LogP contribution in [0, 0.1) is 6.92 Å². The summed E-state index contributed by atoms with van der Waals surface area (Å²) < 4.78 is 0. The quantitative estimate of drug-likeness (QED) is 0.783. The number of pyridine rings is 1. The van der Waals surface area contributed by atoms with Crippen molar-refractivity contribution >= 4 is 34.1 Å². The molecule has 0 bridgehead atoms. The Morgan fingerprint density at radius 3 is 3.08 bits per heavy atom. The fraction of sp³-hybridized carbons (Fsp3) is 0.333. The Kier molecular flexibility index (Phi) is 4.31. The first-order chi connectivity index (χ1) is 12.2. The van der Waals surface area contributed by atoms with Crippen molar-refractivity contribution < 1.29 is 4.79 Å². The number of hydrogen-bond acceptors (Lipinski definition) is 6. The van der Waals surface area contributed by atoms with Crippen molar-refractivity contribution in [1.29, 1.82) is 0 Å². The SMILES string of the molecule is Cc1ccc2ncnc(NC3CCCN(C(=O)c4cccs4)C3)c2n1. The van der Waals surface area contributed by atoms with Crippen LogP contribution in [0.25, 0.3) is 11.0 Å². The predicted octanol–water partition coefficient (Wildman–Crippen LogP) is 3.11. The van der Waals surface area contributed by atoms with E-state index in [0.29, 0.717) is 6.54 Å². The van der Waals surface area contributed by atoms with Gasteiger partial charge in [0.05, 0.1) is 10.4 Å². The monoisotopic (exact) mass is 353 g/mol. The van der Waals surface area contributed by atoms with E-state index in [1.165, 1.54) is 11.3 Å². The zero-order chi connectivity index (χ0) is 17.2. The smallest absolute Gasteiger partial charge is 0.263 e. The van der Waals surface area contributed by atoms with Gasteiger partial charge >= 0.3 is 0 Å². The minimum absolute atomic E-state index is 0.114. The number of amides is 1. The number of nitrogens with zero attached hydrogens (tertiary/aromatic N) is 4. The maximum atomic E-state index is 12.6. The molecule has 0 aliphatic carbocycles. The molecule has 1 fully saturated rings. The zero-order valence-electron chi connectivity index (χ0n) is 14.0. The molecule has 0 aromatic carbocycles. The molecule has 1 saturated heterocycles. The molecule has 0 spiro atoms. The van der Waals surface area contributed by atoms with Crippen LogP contribution < -0.4 is 5.32 Å². The van der Waals surface area contributed by atoms with Gasteiger partial charge < -0.3 is 10.2 Å². The Labute approximate surface area is 149 Å². The van der Waals surface area contributed by atoms with E-state index in [4.69, 9.17) is 0 Å². The van der Waals surface area contributed by atoms with Crippen LogP contribution in [0.4, 0.5) is 5.82 Å². The minimum Gasteiger partial charge on any atom is -0.364 e. The molecule has 6 nitrogen and oxygen atoms in total. The number of carbonyl (C=O) groups is 1. The second kappa shape index (κ2) is 6.76. The lowest BCUT2D eigenvalue weighted by Gasteiger charge is -2.33. The topological polar surface area (TPSA) is 71.0 Å². The summed E-state index contributed by atoms with van der Waals surface area (Å²) in [5.74, 6) is 0.854. The van der Waals surface area contributed by atoms with Crippen molar-refractivity contribution in [2.24, 2.45) is 0 Å². The number of anilines is 1. The number of likely N-dealkylation sites (tertiary alicyclic amines) is 1. The number of nitrogens with one attached hydrogen (secondary N) is 1.